The van der Waals surface area contributed by atoms with Crippen molar-refractivity contribution in [2.24, 2.45) is 0 Å². The van der Waals surface area contributed by atoms with Crippen LogP contribution in [0.2, 0.25) is 10.0 Å². The van der Waals surface area contributed by atoms with Gasteiger partial charge < -0.3 is 0 Å². The lowest BCUT2D eigenvalue weighted by atomic mass is 10.1. The predicted molar refractivity (Wildman–Crippen MR) is 71.5 cm³/mol. The van der Waals surface area contributed by atoms with Gasteiger partial charge in [-0.1, -0.05) is 35.3 Å². The molecule has 84 valence electrons. The van der Waals surface area contributed by atoms with Gasteiger partial charge in [0, 0.05) is 21.0 Å². The molecule has 4 heteroatoms. The Balaban J connectivity index is 2.23. The molecule has 17 heavy (non-hydrogen) atoms. The molecule has 3 aromatic rings. The molecule has 0 unspecified atom stereocenters. The normalized spacial score (nSPS) is 10.9. The SMILES string of the molecule is Clc1ccc(-c2n[nH]c3ccc(Cl)cc23)cc1. The maximum atomic E-state index is 6.00. The monoisotopic (exact) mass is 262 g/mol. The van der Waals surface area contributed by atoms with Crippen molar-refractivity contribution in [1.82, 2.24) is 10.2 Å². The first-order valence-corrected chi connectivity index (χ1v) is 5.89. The van der Waals surface area contributed by atoms with Crippen LogP contribution in [0.4, 0.5) is 0 Å². The topological polar surface area (TPSA) is 28.7 Å². The molecule has 0 saturated heterocycles. The Hall–Kier alpha value is -1.51. The van der Waals surface area contributed by atoms with Gasteiger partial charge in [-0.2, -0.15) is 5.10 Å². The Labute approximate surface area is 108 Å². The molecule has 2 nitrogen and oxygen atoms in total. The molecule has 0 aliphatic rings. The lowest BCUT2D eigenvalue weighted by Gasteiger charge is -1.98. The van der Waals surface area contributed by atoms with E-state index in [-0.39, 0.29) is 0 Å². The molecule has 1 N–H and O–H groups in total. The second-order valence-electron chi connectivity index (χ2n) is 3.77. The zero-order valence-electron chi connectivity index (χ0n) is 8.74. The minimum atomic E-state index is 0.703. The van der Waals surface area contributed by atoms with Crippen molar-refractivity contribution in [2.75, 3.05) is 0 Å². The van der Waals surface area contributed by atoms with Crippen molar-refractivity contribution < 1.29 is 0 Å². The second kappa shape index (κ2) is 4.06. The molecular weight excluding hydrogens is 255 g/mol. The fourth-order valence-corrected chi connectivity index (χ4v) is 2.11. The molecule has 0 radical (unpaired) electrons. The van der Waals surface area contributed by atoms with E-state index < -0.39 is 0 Å². The smallest absolute Gasteiger partial charge is 0.0999 e. The summed E-state index contributed by atoms with van der Waals surface area (Å²) in [5.74, 6) is 0. The number of aromatic nitrogens is 2. The van der Waals surface area contributed by atoms with Crippen LogP contribution >= 0.6 is 23.2 Å². The summed E-state index contributed by atoms with van der Waals surface area (Å²) in [7, 11) is 0. The summed E-state index contributed by atoms with van der Waals surface area (Å²) in [5.41, 5.74) is 2.88. The van der Waals surface area contributed by atoms with Crippen molar-refractivity contribution >= 4 is 34.1 Å². The summed E-state index contributed by atoms with van der Waals surface area (Å²) < 4.78 is 0. The Kier molecular flexibility index (Phi) is 2.54. The number of benzene rings is 2. The van der Waals surface area contributed by atoms with Crippen molar-refractivity contribution in [3.05, 3.63) is 52.5 Å². The molecule has 0 spiro atoms. The molecule has 0 aliphatic heterocycles. The minimum absolute atomic E-state index is 0.703. The average molecular weight is 263 g/mol. The maximum Gasteiger partial charge on any atom is 0.0999 e. The van der Waals surface area contributed by atoms with E-state index >= 15 is 0 Å². The first-order valence-electron chi connectivity index (χ1n) is 5.13. The molecule has 1 aromatic heterocycles. The third-order valence-corrected chi connectivity index (χ3v) is 3.13. The van der Waals surface area contributed by atoms with E-state index in [1.165, 1.54) is 0 Å². The van der Waals surface area contributed by atoms with Crippen molar-refractivity contribution in [3.63, 3.8) is 0 Å². The highest BCUT2D eigenvalue weighted by Gasteiger charge is 2.08. The third-order valence-electron chi connectivity index (χ3n) is 2.64. The minimum Gasteiger partial charge on any atom is -0.277 e. The Morgan fingerprint density at radius 1 is 0.882 bits per heavy atom. The predicted octanol–water partition coefficient (Wildman–Crippen LogP) is 4.54. The van der Waals surface area contributed by atoms with Crippen LogP contribution < -0.4 is 0 Å². The molecule has 0 atom stereocenters. The summed E-state index contributed by atoms with van der Waals surface area (Å²) >= 11 is 11.9. The summed E-state index contributed by atoms with van der Waals surface area (Å²) in [6, 6.07) is 13.3. The lowest BCUT2D eigenvalue weighted by molar-refractivity contribution is 1.12. The van der Waals surface area contributed by atoms with Crippen LogP contribution in [0.15, 0.2) is 42.5 Å². The van der Waals surface area contributed by atoms with Crippen LogP contribution in [0.3, 0.4) is 0 Å². The van der Waals surface area contributed by atoms with Crippen LogP contribution in [-0.4, -0.2) is 10.2 Å². The second-order valence-corrected chi connectivity index (χ2v) is 4.64. The fourth-order valence-electron chi connectivity index (χ4n) is 1.81. The molecule has 0 aliphatic carbocycles. The van der Waals surface area contributed by atoms with Crippen LogP contribution in [0.5, 0.6) is 0 Å². The third kappa shape index (κ3) is 1.90. The first-order chi connectivity index (χ1) is 8.24. The van der Waals surface area contributed by atoms with Crippen LogP contribution in [-0.2, 0) is 0 Å². The van der Waals surface area contributed by atoms with Crippen molar-refractivity contribution in [2.45, 2.75) is 0 Å². The molecule has 1 heterocycles. The van der Waals surface area contributed by atoms with Gasteiger partial charge in [-0.05, 0) is 30.3 Å². The number of rotatable bonds is 1. The van der Waals surface area contributed by atoms with Gasteiger partial charge in [-0.3, -0.25) is 5.10 Å². The zero-order valence-corrected chi connectivity index (χ0v) is 10.3. The Morgan fingerprint density at radius 2 is 1.59 bits per heavy atom. The molecule has 0 bridgehead atoms. The zero-order chi connectivity index (χ0) is 11.8. The average Bonchev–Trinajstić information content (AvgIpc) is 2.73. The molecule has 3 rings (SSSR count). The first kappa shape index (κ1) is 10.6. The summed E-state index contributed by atoms with van der Waals surface area (Å²) in [5, 5.41) is 9.73. The van der Waals surface area contributed by atoms with E-state index in [4.69, 9.17) is 23.2 Å². The number of fused-ring (bicyclic) bond motifs is 1. The standard InChI is InChI=1S/C13H8Cl2N2/c14-9-3-1-8(2-4-9)13-11-7-10(15)5-6-12(11)16-17-13/h1-7H,(H,16,17). The highest BCUT2D eigenvalue weighted by atomic mass is 35.5. The number of aromatic amines is 1. The Bertz CT molecular complexity index is 671. The molecule has 0 saturated carbocycles. The van der Waals surface area contributed by atoms with Crippen molar-refractivity contribution in [3.8, 4) is 11.3 Å². The number of nitrogens with zero attached hydrogens (tertiary/aromatic N) is 1. The molecule has 2 aromatic carbocycles. The number of hydrogen-bond acceptors (Lipinski definition) is 1. The number of hydrogen-bond donors (Lipinski definition) is 1. The van der Waals surface area contributed by atoms with E-state index in [2.05, 4.69) is 10.2 Å². The number of halogens is 2. The van der Waals surface area contributed by atoms with E-state index in [9.17, 15) is 0 Å². The van der Waals surface area contributed by atoms with Gasteiger partial charge in [0.15, 0.2) is 0 Å². The van der Waals surface area contributed by atoms with Crippen LogP contribution in [0.1, 0.15) is 0 Å². The van der Waals surface area contributed by atoms with E-state index in [0.717, 1.165) is 22.2 Å². The molecule has 0 fully saturated rings. The highest BCUT2D eigenvalue weighted by molar-refractivity contribution is 6.31. The molecular formula is C13H8Cl2N2. The van der Waals surface area contributed by atoms with Gasteiger partial charge in [0.1, 0.15) is 0 Å². The van der Waals surface area contributed by atoms with E-state index in [1.807, 2.05) is 42.5 Å². The Morgan fingerprint density at radius 3 is 2.35 bits per heavy atom. The van der Waals surface area contributed by atoms with E-state index in [1.54, 1.807) is 0 Å². The van der Waals surface area contributed by atoms with Crippen LogP contribution in [0.25, 0.3) is 22.2 Å². The van der Waals surface area contributed by atoms with Gasteiger partial charge in [-0.25, -0.2) is 0 Å². The summed E-state index contributed by atoms with van der Waals surface area (Å²) in [6.07, 6.45) is 0. The molecule has 0 amide bonds. The van der Waals surface area contributed by atoms with Gasteiger partial charge in [0.25, 0.3) is 0 Å². The van der Waals surface area contributed by atoms with Crippen LogP contribution in [0, 0.1) is 0 Å². The fraction of sp³-hybridized carbons (Fsp3) is 0. The van der Waals surface area contributed by atoms with Gasteiger partial charge in [0.05, 0.1) is 11.2 Å². The lowest BCUT2D eigenvalue weighted by Crippen LogP contribution is -1.78. The van der Waals surface area contributed by atoms with Gasteiger partial charge in [-0.15, -0.1) is 0 Å². The number of nitrogens with one attached hydrogen (secondary N) is 1. The largest absolute Gasteiger partial charge is 0.277 e. The maximum absolute atomic E-state index is 6.00. The van der Waals surface area contributed by atoms with E-state index in [0.29, 0.717) is 10.0 Å². The summed E-state index contributed by atoms with van der Waals surface area (Å²) in [4.78, 5) is 0. The number of H-pyrrole nitrogens is 1. The van der Waals surface area contributed by atoms with Gasteiger partial charge >= 0.3 is 0 Å². The van der Waals surface area contributed by atoms with Crippen molar-refractivity contribution in [1.29, 1.82) is 0 Å². The quantitative estimate of drug-likeness (QED) is 0.686. The van der Waals surface area contributed by atoms with Gasteiger partial charge in [0.2, 0.25) is 0 Å². The summed E-state index contributed by atoms with van der Waals surface area (Å²) in [6.45, 7) is 0. The highest BCUT2D eigenvalue weighted by Crippen LogP contribution is 2.28.